The molecule has 0 unspecified atom stereocenters. The van der Waals surface area contributed by atoms with Crippen molar-refractivity contribution in [2.24, 2.45) is 0 Å². The van der Waals surface area contributed by atoms with E-state index in [1.807, 2.05) is 18.2 Å². The van der Waals surface area contributed by atoms with Gasteiger partial charge < -0.3 is 14.3 Å². The van der Waals surface area contributed by atoms with Crippen molar-refractivity contribution in [1.29, 1.82) is 0 Å². The highest BCUT2D eigenvalue weighted by atomic mass is 16.5. The zero-order valence-electron chi connectivity index (χ0n) is 8.69. The maximum absolute atomic E-state index is 8.78. The van der Waals surface area contributed by atoms with Gasteiger partial charge in [0.25, 0.3) is 0 Å². The standard InChI is InChI=1S/C12H14O3/c1-14-10-4-5-12-11(7-10)9(8-15-12)3-2-6-13/h4-5,7-8,13H,2-3,6H2,1H3. The molecule has 0 saturated heterocycles. The van der Waals surface area contributed by atoms with E-state index in [0.29, 0.717) is 0 Å². The summed E-state index contributed by atoms with van der Waals surface area (Å²) in [5, 5.41) is 9.85. The van der Waals surface area contributed by atoms with Crippen LogP contribution in [0.4, 0.5) is 0 Å². The van der Waals surface area contributed by atoms with E-state index in [1.54, 1.807) is 13.4 Å². The Bertz CT molecular complexity index is 445. The van der Waals surface area contributed by atoms with Crippen LogP contribution in [0.2, 0.25) is 0 Å². The Balaban J connectivity index is 2.38. The lowest BCUT2D eigenvalue weighted by atomic mass is 10.1. The Morgan fingerprint density at radius 2 is 2.27 bits per heavy atom. The molecule has 0 aliphatic carbocycles. The van der Waals surface area contributed by atoms with Crippen LogP contribution in [0, 0.1) is 0 Å². The van der Waals surface area contributed by atoms with Crippen molar-refractivity contribution in [3.8, 4) is 5.75 Å². The molecule has 0 amide bonds. The molecule has 0 spiro atoms. The third-order valence-electron chi connectivity index (χ3n) is 2.47. The molecule has 1 aromatic heterocycles. The predicted octanol–water partition coefficient (Wildman–Crippen LogP) is 2.37. The Morgan fingerprint density at radius 1 is 1.40 bits per heavy atom. The minimum atomic E-state index is 0.205. The van der Waals surface area contributed by atoms with Crippen molar-refractivity contribution < 1.29 is 14.3 Å². The fourth-order valence-electron chi connectivity index (χ4n) is 1.65. The summed E-state index contributed by atoms with van der Waals surface area (Å²) in [6.45, 7) is 0.205. The van der Waals surface area contributed by atoms with Crippen LogP contribution in [-0.4, -0.2) is 18.8 Å². The van der Waals surface area contributed by atoms with Gasteiger partial charge in [0.05, 0.1) is 13.4 Å². The number of aliphatic hydroxyl groups excluding tert-OH is 1. The van der Waals surface area contributed by atoms with E-state index < -0.39 is 0 Å². The normalized spacial score (nSPS) is 10.8. The van der Waals surface area contributed by atoms with E-state index in [-0.39, 0.29) is 6.61 Å². The van der Waals surface area contributed by atoms with Gasteiger partial charge in [0.2, 0.25) is 0 Å². The summed E-state index contributed by atoms with van der Waals surface area (Å²) < 4.78 is 10.6. The van der Waals surface area contributed by atoms with Crippen molar-refractivity contribution in [3.63, 3.8) is 0 Å². The predicted molar refractivity (Wildman–Crippen MR) is 58.2 cm³/mol. The number of aryl methyl sites for hydroxylation is 1. The second-order valence-corrected chi connectivity index (χ2v) is 3.45. The lowest BCUT2D eigenvalue weighted by molar-refractivity contribution is 0.288. The number of ether oxygens (including phenoxy) is 1. The highest BCUT2D eigenvalue weighted by Gasteiger charge is 2.06. The average molecular weight is 206 g/mol. The SMILES string of the molecule is COc1ccc2occ(CCCO)c2c1. The van der Waals surface area contributed by atoms with E-state index in [0.717, 1.165) is 35.1 Å². The van der Waals surface area contributed by atoms with Gasteiger partial charge >= 0.3 is 0 Å². The fourth-order valence-corrected chi connectivity index (χ4v) is 1.65. The number of benzene rings is 1. The summed E-state index contributed by atoms with van der Waals surface area (Å²) in [4.78, 5) is 0. The first-order chi connectivity index (χ1) is 7.35. The number of hydrogen-bond donors (Lipinski definition) is 1. The van der Waals surface area contributed by atoms with Crippen LogP contribution in [0.3, 0.4) is 0 Å². The van der Waals surface area contributed by atoms with E-state index in [2.05, 4.69) is 0 Å². The molecule has 80 valence electrons. The van der Waals surface area contributed by atoms with E-state index in [1.165, 1.54) is 0 Å². The first-order valence-electron chi connectivity index (χ1n) is 5.00. The topological polar surface area (TPSA) is 42.6 Å². The first-order valence-corrected chi connectivity index (χ1v) is 5.00. The van der Waals surface area contributed by atoms with Crippen LogP contribution in [0.5, 0.6) is 5.75 Å². The fraction of sp³-hybridized carbons (Fsp3) is 0.333. The molecule has 15 heavy (non-hydrogen) atoms. The number of fused-ring (bicyclic) bond motifs is 1. The number of aliphatic hydroxyl groups is 1. The van der Waals surface area contributed by atoms with Gasteiger partial charge in [-0.25, -0.2) is 0 Å². The molecule has 1 N–H and O–H groups in total. The molecule has 0 aliphatic heterocycles. The molecule has 0 saturated carbocycles. The van der Waals surface area contributed by atoms with E-state index in [4.69, 9.17) is 14.3 Å². The Labute approximate surface area is 88.3 Å². The second kappa shape index (κ2) is 4.36. The Kier molecular flexibility index (Phi) is 2.92. The Hall–Kier alpha value is -1.48. The van der Waals surface area contributed by atoms with Crippen LogP contribution in [0.25, 0.3) is 11.0 Å². The second-order valence-electron chi connectivity index (χ2n) is 3.45. The van der Waals surface area contributed by atoms with Gasteiger partial charge in [0.15, 0.2) is 0 Å². The molecule has 2 aromatic rings. The van der Waals surface area contributed by atoms with Crippen molar-refractivity contribution >= 4 is 11.0 Å². The van der Waals surface area contributed by atoms with Crippen LogP contribution in [-0.2, 0) is 6.42 Å². The van der Waals surface area contributed by atoms with Gasteiger partial charge in [-0.3, -0.25) is 0 Å². The van der Waals surface area contributed by atoms with Gasteiger partial charge in [-0.05, 0) is 36.6 Å². The molecule has 0 fully saturated rings. The first kappa shape index (κ1) is 10.1. The number of hydrogen-bond acceptors (Lipinski definition) is 3. The maximum Gasteiger partial charge on any atom is 0.134 e. The molecular formula is C12H14O3. The third kappa shape index (κ3) is 1.97. The van der Waals surface area contributed by atoms with Gasteiger partial charge in [-0.15, -0.1) is 0 Å². The summed E-state index contributed by atoms with van der Waals surface area (Å²) in [6.07, 6.45) is 3.34. The highest BCUT2D eigenvalue weighted by molar-refractivity contribution is 5.82. The molecule has 0 bridgehead atoms. The third-order valence-corrected chi connectivity index (χ3v) is 2.47. The van der Waals surface area contributed by atoms with Crippen LogP contribution < -0.4 is 4.74 Å². The lowest BCUT2D eigenvalue weighted by Gasteiger charge is -1.99. The Morgan fingerprint density at radius 3 is 3.00 bits per heavy atom. The monoisotopic (exact) mass is 206 g/mol. The lowest BCUT2D eigenvalue weighted by Crippen LogP contribution is -1.88. The van der Waals surface area contributed by atoms with Crippen molar-refractivity contribution in [2.75, 3.05) is 13.7 Å². The maximum atomic E-state index is 8.78. The minimum absolute atomic E-state index is 0.205. The average Bonchev–Trinajstić information content (AvgIpc) is 2.68. The van der Waals surface area contributed by atoms with Crippen LogP contribution in [0.1, 0.15) is 12.0 Å². The van der Waals surface area contributed by atoms with Gasteiger partial charge in [0, 0.05) is 12.0 Å². The zero-order chi connectivity index (χ0) is 10.7. The zero-order valence-corrected chi connectivity index (χ0v) is 8.69. The summed E-state index contributed by atoms with van der Waals surface area (Å²) in [5.74, 6) is 0.828. The molecule has 0 radical (unpaired) electrons. The summed E-state index contributed by atoms with van der Waals surface area (Å²) in [7, 11) is 1.65. The summed E-state index contributed by atoms with van der Waals surface area (Å²) in [6, 6.07) is 5.74. The number of furan rings is 1. The van der Waals surface area contributed by atoms with Crippen molar-refractivity contribution in [1.82, 2.24) is 0 Å². The van der Waals surface area contributed by atoms with E-state index >= 15 is 0 Å². The molecule has 0 atom stereocenters. The smallest absolute Gasteiger partial charge is 0.134 e. The highest BCUT2D eigenvalue weighted by Crippen LogP contribution is 2.26. The van der Waals surface area contributed by atoms with E-state index in [9.17, 15) is 0 Å². The van der Waals surface area contributed by atoms with Crippen LogP contribution in [0.15, 0.2) is 28.9 Å². The molecule has 3 nitrogen and oxygen atoms in total. The molecule has 1 heterocycles. The van der Waals surface area contributed by atoms with Gasteiger partial charge in [-0.2, -0.15) is 0 Å². The number of rotatable bonds is 4. The molecule has 3 heteroatoms. The van der Waals surface area contributed by atoms with Gasteiger partial charge in [0.1, 0.15) is 11.3 Å². The van der Waals surface area contributed by atoms with Crippen LogP contribution >= 0.6 is 0 Å². The summed E-state index contributed by atoms with van der Waals surface area (Å²) in [5.41, 5.74) is 1.99. The molecule has 2 rings (SSSR count). The number of methoxy groups -OCH3 is 1. The van der Waals surface area contributed by atoms with Gasteiger partial charge in [-0.1, -0.05) is 0 Å². The summed E-state index contributed by atoms with van der Waals surface area (Å²) >= 11 is 0. The molecular weight excluding hydrogens is 192 g/mol. The molecule has 1 aromatic carbocycles. The van der Waals surface area contributed by atoms with Crippen molar-refractivity contribution in [2.45, 2.75) is 12.8 Å². The van der Waals surface area contributed by atoms with Crippen molar-refractivity contribution in [3.05, 3.63) is 30.0 Å². The minimum Gasteiger partial charge on any atom is -0.497 e. The largest absolute Gasteiger partial charge is 0.497 e. The molecule has 0 aliphatic rings. The quantitative estimate of drug-likeness (QED) is 0.835.